The Kier molecular flexibility index (Phi) is 2.88. The van der Waals surface area contributed by atoms with E-state index >= 15 is 0 Å². The number of rotatable bonds is 1. The summed E-state index contributed by atoms with van der Waals surface area (Å²) in [5.74, 6) is -0.0827. The van der Waals surface area contributed by atoms with Crippen LogP contribution in [0.15, 0.2) is 36.4 Å². The van der Waals surface area contributed by atoms with Gasteiger partial charge in [-0.15, -0.1) is 0 Å². The molecule has 0 spiro atoms. The molecular weight excluding hydrogens is 283 g/mol. The van der Waals surface area contributed by atoms with Crippen molar-refractivity contribution in [3.05, 3.63) is 57.6 Å². The van der Waals surface area contributed by atoms with Crippen LogP contribution in [0, 0.1) is 0 Å². The predicted octanol–water partition coefficient (Wildman–Crippen LogP) is 3.74. The molecule has 0 fully saturated rings. The minimum Gasteiger partial charge on any atom is -0.399 e. The van der Waals surface area contributed by atoms with E-state index in [1.165, 1.54) is 0 Å². The molecule has 1 aliphatic heterocycles. The van der Waals surface area contributed by atoms with Crippen LogP contribution >= 0.6 is 23.2 Å². The molecule has 1 heterocycles. The van der Waals surface area contributed by atoms with E-state index in [1.807, 2.05) is 6.07 Å². The van der Waals surface area contributed by atoms with E-state index < -0.39 is 0 Å². The fraction of sp³-hybridized carbons (Fsp3) is 0.0714. The first kappa shape index (κ1) is 12.3. The number of hydrogen-bond acceptors (Lipinski definition) is 2. The summed E-state index contributed by atoms with van der Waals surface area (Å²) in [6.07, 6.45) is 0. The summed E-state index contributed by atoms with van der Waals surface area (Å²) >= 11 is 11.9. The van der Waals surface area contributed by atoms with Gasteiger partial charge in [-0.1, -0.05) is 29.3 Å². The van der Waals surface area contributed by atoms with Gasteiger partial charge in [-0.05, 0) is 35.9 Å². The molecule has 5 heteroatoms. The monoisotopic (exact) mass is 292 g/mol. The van der Waals surface area contributed by atoms with Crippen LogP contribution in [0.1, 0.15) is 15.9 Å². The van der Waals surface area contributed by atoms with Crippen molar-refractivity contribution in [3.8, 4) is 0 Å². The van der Waals surface area contributed by atoms with Crippen LogP contribution in [-0.4, -0.2) is 5.91 Å². The molecule has 19 heavy (non-hydrogen) atoms. The minimum absolute atomic E-state index is 0.0827. The van der Waals surface area contributed by atoms with E-state index in [0.29, 0.717) is 33.5 Å². The fourth-order valence-corrected chi connectivity index (χ4v) is 2.74. The van der Waals surface area contributed by atoms with Crippen molar-refractivity contribution < 1.29 is 4.79 Å². The molecule has 2 aromatic rings. The van der Waals surface area contributed by atoms with Gasteiger partial charge in [-0.3, -0.25) is 4.79 Å². The summed E-state index contributed by atoms with van der Waals surface area (Å²) in [5, 5.41) is 1.01. The standard InChI is InChI=1S/C14H10Cl2N2O/c15-9-3-10(16)5-12(4-9)18-7-8-1-2-11(17)6-13(8)14(18)19/h1-6H,7,17H2. The Balaban J connectivity index is 2.04. The number of halogens is 2. The number of anilines is 2. The quantitative estimate of drug-likeness (QED) is 0.814. The first-order valence-electron chi connectivity index (χ1n) is 5.71. The Hall–Kier alpha value is -1.71. The second-order valence-corrected chi connectivity index (χ2v) is 5.31. The first-order valence-corrected chi connectivity index (χ1v) is 6.46. The molecule has 0 radical (unpaired) electrons. The third kappa shape index (κ3) is 2.15. The Labute approximate surface area is 120 Å². The molecule has 0 aliphatic carbocycles. The molecule has 0 atom stereocenters. The highest BCUT2D eigenvalue weighted by molar-refractivity contribution is 6.35. The zero-order chi connectivity index (χ0) is 13.6. The maximum Gasteiger partial charge on any atom is 0.259 e. The van der Waals surface area contributed by atoms with Gasteiger partial charge in [0.05, 0.1) is 6.54 Å². The van der Waals surface area contributed by atoms with Gasteiger partial charge in [0.1, 0.15) is 0 Å². The number of carbonyl (C=O) groups excluding carboxylic acids is 1. The van der Waals surface area contributed by atoms with Crippen LogP contribution in [0.3, 0.4) is 0 Å². The zero-order valence-electron chi connectivity index (χ0n) is 9.86. The second kappa shape index (κ2) is 4.44. The molecule has 0 unspecified atom stereocenters. The lowest BCUT2D eigenvalue weighted by Crippen LogP contribution is -2.22. The zero-order valence-corrected chi connectivity index (χ0v) is 11.4. The molecule has 0 aromatic heterocycles. The lowest BCUT2D eigenvalue weighted by molar-refractivity contribution is 0.0996. The third-order valence-corrected chi connectivity index (χ3v) is 3.53. The Morgan fingerprint density at radius 2 is 1.74 bits per heavy atom. The third-order valence-electron chi connectivity index (χ3n) is 3.10. The van der Waals surface area contributed by atoms with Crippen molar-refractivity contribution in [2.24, 2.45) is 0 Å². The molecule has 0 saturated carbocycles. The van der Waals surface area contributed by atoms with Crippen molar-refractivity contribution in [1.29, 1.82) is 0 Å². The van der Waals surface area contributed by atoms with Crippen LogP contribution in [0.5, 0.6) is 0 Å². The van der Waals surface area contributed by atoms with Crippen molar-refractivity contribution in [3.63, 3.8) is 0 Å². The summed E-state index contributed by atoms with van der Waals surface area (Å²) in [6.45, 7) is 0.505. The van der Waals surface area contributed by atoms with Crippen molar-refractivity contribution in [2.75, 3.05) is 10.6 Å². The Morgan fingerprint density at radius 1 is 1.05 bits per heavy atom. The Bertz CT molecular complexity index is 665. The summed E-state index contributed by atoms with van der Waals surface area (Å²) in [4.78, 5) is 14.0. The second-order valence-electron chi connectivity index (χ2n) is 4.44. The highest BCUT2D eigenvalue weighted by atomic mass is 35.5. The lowest BCUT2D eigenvalue weighted by Gasteiger charge is -2.16. The van der Waals surface area contributed by atoms with Crippen LogP contribution in [0.4, 0.5) is 11.4 Å². The maximum absolute atomic E-state index is 12.4. The van der Waals surface area contributed by atoms with E-state index in [-0.39, 0.29) is 5.91 Å². The van der Waals surface area contributed by atoms with E-state index in [2.05, 4.69) is 0 Å². The highest BCUT2D eigenvalue weighted by Gasteiger charge is 2.28. The topological polar surface area (TPSA) is 46.3 Å². The van der Waals surface area contributed by atoms with E-state index in [0.717, 1.165) is 5.56 Å². The van der Waals surface area contributed by atoms with Gasteiger partial charge in [0, 0.05) is 27.0 Å². The average Bonchev–Trinajstić information content (AvgIpc) is 2.66. The smallest absolute Gasteiger partial charge is 0.259 e. The number of amides is 1. The first-order chi connectivity index (χ1) is 9.04. The van der Waals surface area contributed by atoms with Crippen molar-refractivity contribution >= 4 is 40.5 Å². The van der Waals surface area contributed by atoms with Gasteiger partial charge in [-0.25, -0.2) is 0 Å². The number of nitrogens with two attached hydrogens (primary N) is 1. The summed E-state index contributed by atoms with van der Waals surface area (Å²) < 4.78 is 0. The maximum atomic E-state index is 12.4. The molecule has 1 aliphatic rings. The SMILES string of the molecule is Nc1ccc2c(c1)C(=O)N(c1cc(Cl)cc(Cl)c1)C2. The van der Waals surface area contributed by atoms with Crippen LogP contribution in [-0.2, 0) is 6.54 Å². The number of carbonyl (C=O) groups is 1. The molecule has 2 N–H and O–H groups in total. The average molecular weight is 293 g/mol. The summed E-state index contributed by atoms with van der Waals surface area (Å²) in [7, 11) is 0. The number of nitrogen functional groups attached to an aromatic ring is 1. The highest BCUT2D eigenvalue weighted by Crippen LogP contribution is 2.32. The van der Waals surface area contributed by atoms with Gasteiger partial charge >= 0.3 is 0 Å². The molecule has 1 amide bonds. The van der Waals surface area contributed by atoms with Crippen LogP contribution < -0.4 is 10.6 Å². The predicted molar refractivity (Wildman–Crippen MR) is 77.8 cm³/mol. The normalized spacial score (nSPS) is 13.8. The van der Waals surface area contributed by atoms with Crippen LogP contribution in [0.2, 0.25) is 10.0 Å². The van der Waals surface area contributed by atoms with E-state index in [9.17, 15) is 4.79 Å². The van der Waals surface area contributed by atoms with Gasteiger partial charge in [0.25, 0.3) is 5.91 Å². The minimum atomic E-state index is -0.0827. The molecule has 0 bridgehead atoms. The number of benzene rings is 2. The van der Waals surface area contributed by atoms with Crippen molar-refractivity contribution in [2.45, 2.75) is 6.54 Å². The summed E-state index contributed by atoms with van der Waals surface area (Å²) in [5.41, 5.74) is 8.58. The molecule has 0 saturated heterocycles. The summed E-state index contributed by atoms with van der Waals surface area (Å²) in [6, 6.07) is 10.4. The molecular formula is C14H10Cl2N2O. The number of fused-ring (bicyclic) bond motifs is 1. The van der Waals surface area contributed by atoms with E-state index in [4.69, 9.17) is 28.9 Å². The number of hydrogen-bond donors (Lipinski definition) is 1. The van der Waals surface area contributed by atoms with Gasteiger partial charge in [0.15, 0.2) is 0 Å². The molecule has 3 nitrogen and oxygen atoms in total. The molecule has 2 aromatic carbocycles. The lowest BCUT2D eigenvalue weighted by atomic mass is 10.1. The van der Waals surface area contributed by atoms with Crippen molar-refractivity contribution in [1.82, 2.24) is 0 Å². The van der Waals surface area contributed by atoms with Gasteiger partial charge < -0.3 is 10.6 Å². The van der Waals surface area contributed by atoms with Gasteiger partial charge in [0.2, 0.25) is 0 Å². The Morgan fingerprint density at radius 3 is 2.42 bits per heavy atom. The fourth-order valence-electron chi connectivity index (χ4n) is 2.22. The molecule has 3 rings (SSSR count). The number of nitrogens with zero attached hydrogens (tertiary/aromatic N) is 1. The largest absolute Gasteiger partial charge is 0.399 e. The van der Waals surface area contributed by atoms with E-state index in [1.54, 1.807) is 35.2 Å². The van der Waals surface area contributed by atoms with Crippen LogP contribution in [0.25, 0.3) is 0 Å². The molecule has 96 valence electrons. The van der Waals surface area contributed by atoms with Gasteiger partial charge in [-0.2, -0.15) is 0 Å².